The van der Waals surface area contributed by atoms with Crippen molar-refractivity contribution in [3.63, 3.8) is 0 Å². The molecule has 1 saturated heterocycles. The van der Waals surface area contributed by atoms with Crippen molar-refractivity contribution in [2.24, 2.45) is 5.92 Å². The van der Waals surface area contributed by atoms with Crippen LogP contribution in [0.2, 0.25) is 0 Å². The van der Waals surface area contributed by atoms with Gasteiger partial charge < -0.3 is 14.6 Å². The molecule has 31 heavy (non-hydrogen) atoms. The number of piperidine rings is 1. The number of likely N-dealkylation sites (tertiary alicyclic amines) is 1. The molecule has 1 aliphatic carbocycles. The molecule has 0 spiro atoms. The van der Waals surface area contributed by atoms with Crippen LogP contribution in [-0.2, 0) is 6.42 Å². The molecule has 3 heterocycles. The Morgan fingerprint density at radius 1 is 1.23 bits per heavy atom. The molecule has 1 N–H and O–H groups in total. The number of hydrogen-bond acceptors (Lipinski definition) is 5. The summed E-state index contributed by atoms with van der Waals surface area (Å²) in [5, 5.41) is 10.7. The van der Waals surface area contributed by atoms with E-state index in [1.165, 1.54) is 5.56 Å². The molecule has 2 aliphatic rings. The number of nitrogens with zero attached hydrogens (tertiary/aromatic N) is 4. The SMILES string of the molecule is CCCC(C)Cc1ncc2c(=O)n([C@@H]3CCCN(C)C3)cc(C3CCC(O)CC3)c2n1. The fourth-order valence-electron chi connectivity index (χ4n) is 5.53. The molecule has 6 heteroatoms. The highest BCUT2D eigenvalue weighted by Crippen LogP contribution is 2.36. The predicted molar refractivity (Wildman–Crippen MR) is 125 cm³/mol. The summed E-state index contributed by atoms with van der Waals surface area (Å²) in [6.07, 6.45) is 12.6. The first-order valence-corrected chi connectivity index (χ1v) is 12.2. The Bertz CT molecular complexity index is 948. The average Bonchev–Trinajstić information content (AvgIpc) is 2.75. The van der Waals surface area contributed by atoms with Crippen LogP contribution in [-0.4, -0.2) is 50.8 Å². The van der Waals surface area contributed by atoms with E-state index < -0.39 is 0 Å². The molecule has 0 radical (unpaired) electrons. The van der Waals surface area contributed by atoms with Crippen LogP contribution in [0.15, 0.2) is 17.2 Å². The molecular formula is C25H38N4O2. The summed E-state index contributed by atoms with van der Waals surface area (Å²) in [7, 11) is 2.13. The fourth-order valence-corrected chi connectivity index (χ4v) is 5.53. The van der Waals surface area contributed by atoms with E-state index in [1.807, 2.05) is 4.57 Å². The third-order valence-corrected chi connectivity index (χ3v) is 7.30. The van der Waals surface area contributed by atoms with E-state index in [2.05, 4.69) is 37.0 Å². The molecule has 0 bridgehead atoms. The van der Waals surface area contributed by atoms with Gasteiger partial charge in [0.25, 0.3) is 5.56 Å². The minimum absolute atomic E-state index is 0.0445. The second-order valence-corrected chi connectivity index (χ2v) is 10.0. The highest BCUT2D eigenvalue weighted by molar-refractivity contribution is 5.80. The monoisotopic (exact) mass is 426 g/mol. The normalized spacial score (nSPS) is 26.3. The smallest absolute Gasteiger partial charge is 0.261 e. The van der Waals surface area contributed by atoms with Gasteiger partial charge in [-0.15, -0.1) is 0 Å². The van der Waals surface area contributed by atoms with E-state index in [4.69, 9.17) is 4.98 Å². The summed E-state index contributed by atoms with van der Waals surface area (Å²) in [6.45, 7) is 6.45. The molecule has 2 aromatic heterocycles. The summed E-state index contributed by atoms with van der Waals surface area (Å²) in [5.41, 5.74) is 2.07. The first-order valence-electron chi connectivity index (χ1n) is 12.2. The molecular weight excluding hydrogens is 388 g/mol. The Balaban J connectivity index is 1.78. The third-order valence-electron chi connectivity index (χ3n) is 7.30. The largest absolute Gasteiger partial charge is 0.393 e. The first kappa shape index (κ1) is 22.4. The zero-order valence-electron chi connectivity index (χ0n) is 19.4. The standard InChI is InChI=1S/C25H38N4O2/c1-4-6-17(2)13-23-26-14-21-24(27-23)22(18-8-10-20(30)11-9-18)16-29(25(21)31)19-7-5-12-28(3)15-19/h14,16-20,30H,4-13,15H2,1-3H3/t17?,18?,19-,20?/m1/s1. The van der Waals surface area contributed by atoms with E-state index in [0.29, 0.717) is 17.2 Å². The zero-order chi connectivity index (χ0) is 22.0. The van der Waals surface area contributed by atoms with Gasteiger partial charge in [-0.25, -0.2) is 9.97 Å². The van der Waals surface area contributed by atoms with Crippen molar-refractivity contribution in [2.75, 3.05) is 20.1 Å². The molecule has 2 aromatic rings. The molecule has 0 amide bonds. The highest BCUT2D eigenvalue weighted by Gasteiger charge is 2.27. The van der Waals surface area contributed by atoms with Crippen molar-refractivity contribution in [3.05, 3.63) is 34.1 Å². The van der Waals surface area contributed by atoms with E-state index in [-0.39, 0.29) is 17.7 Å². The Morgan fingerprint density at radius 2 is 2.00 bits per heavy atom. The third kappa shape index (κ3) is 5.01. The number of fused-ring (bicyclic) bond motifs is 1. The van der Waals surface area contributed by atoms with E-state index >= 15 is 0 Å². The lowest BCUT2D eigenvalue weighted by atomic mass is 9.82. The lowest BCUT2D eigenvalue weighted by Crippen LogP contribution is -2.38. The van der Waals surface area contributed by atoms with Gasteiger partial charge in [0.15, 0.2) is 0 Å². The summed E-state index contributed by atoms with van der Waals surface area (Å²) < 4.78 is 1.97. The van der Waals surface area contributed by atoms with Gasteiger partial charge in [-0.3, -0.25) is 4.79 Å². The fraction of sp³-hybridized carbons (Fsp3) is 0.720. The van der Waals surface area contributed by atoms with Gasteiger partial charge in [-0.1, -0.05) is 26.7 Å². The number of aromatic nitrogens is 3. The number of pyridine rings is 1. The van der Waals surface area contributed by atoms with Crippen molar-refractivity contribution in [1.29, 1.82) is 0 Å². The van der Waals surface area contributed by atoms with Crippen molar-refractivity contribution < 1.29 is 5.11 Å². The van der Waals surface area contributed by atoms with Gasteiger partial charge in [-0.2, -0.15) is 0 Å². The van der Waals surface area contributed by atoms with Crippen molar-refractivity contribution in [2.45, 2.75) is 89.7 Å². The lowest BCUT2D eigenvalue weighted by Gasteiger charge is -2.32. The van der Waals surface area contributed by atoms with Gasteiger partial charge in [0.05, 0.1) is 17.0 Å². The maximum Gasteiger partial charge on any atom is 0.261 e. The number of aliphatic hydroxyl groups excluding tert-OH is 1. The van der Waals surface area contributed by atoms with Crippen LogP contribution < -0.4 is 5.56 Å². The summed E-state index contributed by atoms with van der Waals surface area (Å²) in [4.78, 5) is 25.4. The summed E-state index contributed by atoms with van der Waals surface area (Å²) >= 11 is 0. The van der Waals surface area contributed by atoms with E-state index in [9.17, 15) is 9.90 Å². The molecule has 1 aliphatic heterocycles. The Labute approximate surface area is 185 Å². The molecule has 170 valence electrons. The second-order valence-electron chi connectivity index (χ2n) is 10.0. The number of aliphatic hydroxyl groups is 1. The van der Waals surface area contributed by atoms with Crippen molar-refractivity contribution >= 4 is 10.9 Å². The highest BCUT2D eigenvalue weighted by atomic mass is 16.3. The average molecular weight is 427 g/mol. The topological polar surface area (TPSA) is 71.2 Å². The van der Waals surface area contributed by atoms with E-state index in [1.54, 1.807) is 6.20 Å². The lowest BCUT2D eigenvalue weighted by molar-refractivity contribution is 0.122. The van der Waals surface area contributed by atoms with E-state index in [0.717, 1.165) is 82.2 Å². The van der Waals surface area contributed by atoms with Crippen molar-refractivity contribution in [3.8, 4) is 0 Å². The first-order chi connectivity index (χ1) is 15.0. The zero-order valence-corrected chi connectivity index (χ0v) is 19.4. The second kappa shape index (κ2) is 9.78. The number of rotatable bonds is 6. The van der Waals surface area contributed by atoms with Gasteiger partial charge in [0.2, 0.25) is 0 Å². The molecule has 2 atom stereocenters. The van der Waals surface area contributed by atoms with Gasteiger partial charge in [-0.05, 0) is 69.5 Å². The van der Waals surface area contributed by atoms with Crippen LogP contribution in [0.4, 0.5) is 0 Å². The van der Waals surface area contributed by atoms with Crippen LogP contribution >= 0.6 is 0 Å². The van der Waals surface area contributed by atoms with Crippen LogP contribution in [0.1, 0.15) is 88.6 Å². The molecule has 6 nitrogen and oxygen atoms in total. The van der Waals surface area contributed by atoms with Crippen LogP contribution in [0.3, 0.4) is 0 Å². The van der Waals surface area contributed by atoms with Crippen LogP contribution in [0.5, 0.6) is 0 Å². The Kier molecular flexibility index (Phi) is 7.07. The molecule has 4 rings (SSSR count). The Hall–Kier alpha value is -1.79. The Morgan fingerprint density at radius 3 is 2.71 bits per heavy atom. The predicted octanol–water partition coefficient (Wildman–Crippen LogP) is 4.06. The number of hydrogen-bond donors (Lipinski definition) is 1. The molecule has 1 saturated carbocycles. The summed E-state index contributed by atoms with van der Waals surface area (Å²) in [6, 6.07) is 0.202. The van der Waals surface area contributed by atoms with Crippen LogP contribution in [0.25, 0.3) is 10.9 Å². The minimum Gasteiger partial charge on any atom is -0.393 e. The van der Waals surface area contributed by atoms with Crippen LogP contribution in [0, 0.1) is 5.92 Å². The summed E-state index contributed by atoms with van der Waals surface area (Å²) in [5.74, 6) is 1.73. The van der Waals surface area contributed by atoms with Crippen molar-refractivity contribution in [1.82, 2.24) is 19.4 Å². The maximum atomic E-state index is 13.5. The number of likely N-dealkylation sites (N-methyl/N-ethyl adjacent to an activating group) is 1. The minimum atomic E-state index is -0.194. The van der Waals surface area contributed by atoms with Gasteiger partial charge >= 0.3 is 0 Å². The molecule has 2 fully saturated rings. The molecule has 1 unspecified atom stereocenters. The molecule has 0 aromatic carbocycles. The van der Waals surface area contributed by atoms with Gasteiger partial charge in [0, 0.05) is 31.4 Å². The van der Waals surface area contributed by atoms with Gasteiger partial charge in [0.1, 0.15) is 5.82 Å². The quantitative estimate of drug-likeness (QED) is 0.754. The maximum absolute atomic E-state index is 13.5.